The first-order chi connectivity index (χ1) is 18.5. The van der Waals surface area contributed by atoms with Gasteiger partial charge in [-0.25, -0.2) is 4.79 Å². The molecule has 5 N–H and O–H groups in total. The number of alkyl halides is 2. The number of nitrogens with one attached hydrogen (secondary N) is 1. The number of rotatable bonds is 6. The zero-order valence-electron chi connectivity index (χ0n) is 22.0. The molecule has 0 aromatic heterocycles. The second-order valence-corrected chi connectivity index (χ2v) is 12.8. The number of ketones is 4. The Morgan fingerprint density at radius 1 is 1.20 bits per heavy atom. The second-order valence-electron chi connectivity index (χ2n) is 10.9. The number of ether oxygens (including phenoxy) is 1. The summed E-state index contributed by atoms with van der Waals surface area (Å²) < 4.78 is 3.62. The first kappa shape index (κ1) is 29.8. The lowest BCUT2D eigenvalue weighted by Gasteiger charge is -2.48. The molecule has 1 aromatic carbocycles. The quantitative estimate of drug-likeness (QED) is 0.269. The van der Waals surface area contributed by atoms with Crippen LogP contribution in [0.1, 0.15) is 41.3 Å². The zero-order chi connectivity index (χ0) is 29.9. The Hall–Kier alpha value is -3.22. The lowest BCUT2D eigenvalue weighted by molar-refractivity contribution is -0.175. The Labute approximate surface area is 239 Å². The van der Waals surface area contributed by atoms with Crippen LogP contribution in [0.4, 0.5) is 10.5 Å². The average molecular weight is 598 g/mol. The number of nitrogens with zero attached hydrogens (tertiary/aromatic N) is 1. The van der Waals surface area contributed by atoms with E-state index in [9.17, 15) is 39.0 Å². The van der Waals surface area contributed by atoms with Gasteiger partial charge >= 0.3 is 6.09 Å². The number of halogens is 2. The van der Waals surface area contributed by atoms with Crippen molar-refractivity contribution in [3.05, 3.63) is 22.8 Å². The lowest BCUT2D eigenvalue weighted by atomic mass is 9.53. The third-order valence-corrected chi connectivity index (χ3v) is 8.04. The number of primary amides is 1. The van der Waals surface area contributed by atoms with Gasteiger partial charge in [-0.3, -0.25) is 24.0 Å². The minimum absolute atomic E-state index is 0.0100. The van der Waals surface area contributed by atoms with Crippen molar-refractivity contribution in [2.75, 3.05) is 25.6 Å². The molecule has 216 valence electrons. The number of hydrogen-bond acceptors (Lipinski definition) is 10. The standard InChI is InChI=1S/C26H29Cl2N3O9/c1-25(27,28)9-40-24(38)30-8-11-6-14(31(2)3)13-5-10-4-12-7-15(32)18(23(29)37)22(36)26(12,39)21(35)16(10)20(34)17(13)19(11)33/h6,10,12,16,18,33,39H,4-5,7-9H2,1-3H3,(H2,29,37)(H,30,38)/t10-,12+,16?,18?,26+/m1/s1. The Morgan fingerprint density at radius 3 is 2.42 bits per heavy atom. The summed E-state index contributed by atoms with van der Waals surface area (Å²) in [6.45, 7) is 0.858. The van der Waals surface area contributed by atoms with Crippen molar-refractivity contribution in [1.82, 2.24) is 5.32 Å². The van der Waals surface area contributed by atoms with Gasteiger partial charge < -0.3 is 30.9 Å². The van der Waals surface area contributed by atoms with E-state index >= 15 is 0 Å². The topological polar surface area (TPSA) is 193 Å². The van der Waals surface area contributed by atoms with Crippen LogP contribution in [0.3, 0.4) is 0 Å². The number of fused-ring (bicyclic) bond motifs is 3. The summed E-state index contributed by atoms with van der Waals surface area (Å²) in [5.41, 5.74) is 3.43. The Balaban J connectivity index is 1.71. The molecule has 4 rings (SSSR count). The number of carbonyl (C=O) groups excluding carboxylic acids is 6. The van der Waals surface area contributed by atoms with E-state index in [-0.39, 0.29) is 37.1 Å². The summed E-state index contributed by atoms with van der Waals surface area (Å²) in [5, 5.41) is 24.9. The van der Waals surface area contributed by atoms with E-state index < -0.39 is 80.9 Å². The van der Waals surface area contributed by atoms with Crippen LogP contribution in [-0.4, -0.2) is 76.0 Å². The summed E-state index contributed by atoms with van der Waals surface area (Å²) in [5.74, 6) is -11.0. The number of nitrogens with two attached hydrogens (primary N) is 1. The first-order valence-electron chi connectivity index (χ1n) is 12.5. The maximum Gasteiger partial charge on any atom is 0.407 e. The SMILES string of the molecule is CN(C)c1cc(CNC(=O)OCC(C)(Cl)Cl)c(O)c2c1C[C@H]1C[C@H]3CC(=O)C(C(N)=O)C(=O)[C@@]3(O)C(=O)C1C2=O. The molecule has 2 unspecified atom stereocenters. The Kier molecular flexibility index (Phi) is 7.67. The van der Waals surface area contributed by atoms with E-state index in [1.807, 2.05) is 0 Å². The van der Waals surface area contributed by atoms with Crippen molar-refractivity contribution in [1.29, 1.82) is 0 Å². The van der Waals surface area contributed by atoms with E-state index in [1.54, 1.807) is 25.1 Å². The fourth-order valence-electron chi connectivity index (χ4n) is 6.01. The van der Waals surface area contributed by atoms with E-state index in [4.69, 9.17) is 33.7 Å². The van der Waals surface area contributed by atoms with E-state index in [0.717, 1.165) is 0 Å². The van der Waals surface area contributed by atoms with Gasteiger partial charge in [-0.1, -0.05) is 23.2 Å². The molecule has 12 nitrogen and oxygen atoms in total. The molecule has 0 aliphatic heterocycles. The number of phenolic OH excluding ortho intramolecular Hbond substituents is 1. The number of aliphatic hydroxyl groups is 1. The summed E-state index contributed by atoms with van der Waals surface area (Å²) in [7, 11) is 3.42. The summed E-state index contributed by atoms with van der Waals surface area (Å²) >= 11 is 11.6. The monoisotopic (exact) mass is 597 g/mol. The van der Waals surface area contributed by atoms with Crippen LogP contribution in [0, 0.1) is 23.7 Å². The highest BCUT2D eigenvalue weighted by Gasteiger charge is 2.66. The van der Waals surface area contributed by atoms with Gasteiger partial charge in [0.2, 0.25) is 5.91 Å². The predicted octanol–water partition coefficient (Wildman–Crippen LogP) is 0.813. The number of carbonyl (C=O) groups is 6. The minimum atomic E-state index is -2.73. The molecule has 0 saturated heterocycles. The lowest BCUT2D eigenvalue weighted by Crippen LogP contribution is -2.68. The van der Waals surface area contributed by atoms with Crippen LogP contribution in [0.15, 0.2) is 6.07 Å². The van der Waals surface area contributed by atoms with Crippen LogP contribution in [0.5, 0.6) is 5.75 Å². The number of benzene rings is 1. The van der Waals surface area contributed by atoms with E-state index in [0.29, 0.717) is 11.3 Å². The molecular weight excluding hydrogens is 569 g/mol. The fourth-order valence-corrected chi connectivity index (χ4v) is 6.12. The summed E-state index contributed by atoms with van der Waals surface area (Å²) in [6, 6.07) is 1.58. The number of hydrogen-bond donors (Lipinski definition) is 4. The smallest absolute Gasteiger partial charge is 0.407 e. The first-order valence-corrected chi connectivity index (χ1v) is 13.2. The maximum atomic E-state index is 13.8. The molecule has 2 fully saturated rings. The van der Waals surface area contributed by atoms with Gasteiger partial charge in [0, 0.05) is 44.2 Å². The van der Waals surface area contributed by atoms with Crippen molar-refractivity contribution in [3.8, 4) is 5.75 Å². The Morgan fingerprint density at radius 2 is 1.85 bits per heavy atom. The average Bonchev–Trinajstić information content (AvgIpc) is 2.83. The van der Waals surface area contributed by atoms with Gasteiger partial charge in [-0.2, -0.15) is 0 Å². The molecule has 2 amide bonds. The van der Waals surface area contributed by atoms with E-state index in [1.165, 1.54) is 6.92 Å². The van der Waals surface area contributed by atoms with E-state index in [2.05, 4.69) is 5.32 Å². The van der Waals surface area contributed by atoms with Crippen LogP contribution in [-0.2, 0) is 36.9 Å². The molecule has 3 aliphatic carbocycles. The number of aromatic hydroxyl groups is 1. The van der Waals surface area contributed by atoms with Gasteiger partial charge in [-0.15, -0.1) is 0 Å². The van der Waals surface area contributed by atoms with Gasteiger partial charge in [0.05, 0.1) is 11.5 Å². The van der Waals surface area contributed by atoms with Crippen LogP contribution in [0.2, 0.25) is 0 Å². The molecule has 0 bridgehead atoms. The van der Waals surface area contributed by atoms with Gasteiger partial charge in [0.25, 0.3) is 0 Å². The molecule has 2 saturated carbocycles. The van der Waals surface area contributed by atoms with Crippen molar-refractivity contribution in [2.45, 2.75) is 42.7 Å². The van der Waals surface area contributed by atoms with Crippen molar-refractivity contribution in [3.63, 3.8) is 0 Å². The predicted molar refractivity (Wildman–Crippen MR) is 141 cm³/mol. The highest BCUT2D eigenvalue weighted by atomic mass is 35.5. The van der Waals surface area contributed by atoms with Crippen LogP contribution >= 0.6 is 23.2 Å². The molecule has 1 aromatic rings. The maximum absolute atomic E-state index is 13.8. The van der Waals surface area contributed by atoms with Crippen molar-refractivity contribution in [2.24, 2.45) is 29.4 Å². The molecule has 3 aliphatic rings. The molecule has 0 radical (unpaired) electrons. The van der Waals surface area contributed by atoms with Gasteiger partial charge in [0.15, 0.2) is 34.7 Å². The largest absolute Gasteiger partial charge is 0.507 e. The number of anilines is 1. The highest BCUT2D eigenvalue weighted by molar-refractivity contribution is 6.48. The van der Waals surface area contributed by atoms with Crippen LogP contribution in [0.25, 0.3) is 0 Å². The number of alkyl carbamates (subject to hydrolysis) is 1. The summed E-state index contributed by atoms with van der Waals surface area (Å²) in [4.78, 5) is 78.7. The van der Waals surface area contributed by atoms with Gasteiger partial charge in [-0.05, 0) is 37.3 Å². The Bertz CT molecular complexity index is 1340. The zero-order valence-corrected chi connectivity index (χ0v) is 23.5. The highest BCUT2D eigenvalue weighted by Crippen LogP contribution is 2.51. The molecule has 14 heteroatoms. The molecule has 0 heterocycles. The van der Waals surface area contributed by atoms with Crippen molar-refractivity contribution < 1.29 is 43.7 Å². The third kappa shape index (κ3) is 4.92. The second kappa shape index (κ2) is 10.3. The third-order valence-electron chi connectivity index (χ3n) is 7.82. The minimum Gasteiger partial charge on any atom is -0.507 e. The summed E-state index contributed by atoms with van der Waals surface area (Å²) in [6.07, 6.45) is -1.17. The molecule has 40 heavy (non-hydrogen) atoms. The number of phenols is 1. The molecule has 0 spiro atoms. The normalized spacial score (nSPS) is 27.9. The van der Waals surface area contributed by atoms with Gasteiger partial charge in [0.1, 0.15) is 16.7 Å². The number of amides is 2. The molecular formula is C26H29Cl2N3O9. The van der Waals surface area contributed by atoms with Crippen LogP contribution < -0.4 is 16.0 Å². The van der Waals surface area contributed by atoms with Crippen molar-refractivity contribution >= 4 is 64.0 Å². The fraction of sp³-hybridized carbons (Fsp3) is 0.538. The number of Topliss-reactive ketones (excluding diaryl/α,β-unsaturated/α-hetero) is 4. The molecule has 5 atom stereocenters.